The predicted octanol–water partition coefficient (Wildman–Crippen LogP) is 1.93. The van der Waals surface area contributed by atoms with Gasteiger partial charge in [0, 0.05) is 37.5 Å². The molecule has 2 N–H and O–H groups in total. The topological polar surface area (TPSA) is 109 Å². The van der Waals surface area contributed by atoms with Crippen LogP contribution in [0.5, 0.6) is 0 Å². The Hall–Kier alpha value is -2.99. The smallest absolute Gasteiger partial charge is 0.475 e. The molecule has 12 heteroatoms. The van der Waals surface area contributed by atoms with Gasteiger partial charge in [-0.25, -0.2) is 14.3 Å². The van der Waals surface area contributed by atoms with Gasteiger partial charge in [0.1, 0.15) is 0 Å². The molecule has 4 rings (SSSR count). The summed E-state index contributed by atoms with van der Waals surface area (Å²) >= 11 is 0. The Morgan fingerprint density at radius 1 is 1.23 bits per heavy atom. The first-order chi connectivity index (χ1) is 14.7. The van der Waals surface area contributed by atoms with Gasteiger partial charge in [-0.05, 0) is 44.1 Å². The molecule has 1 aliphatic rings. The number of aliphatic hydroxyl groups is 1. The minimum atomic E-state index is -5.08. The molecule has 0 bridgehead atoms. The highest BCUT2D eigenvalue weighted by Crippen LogP contribution is 2.26. The van der Waals surface area contributed by atoms with Crippen LogP contribution in [0.15, 0.2) is 30.6 Å². The molecule has 0 amide bonds. The lowest BCUT2D eigenvalue weighted by Crippen LogP contribution is -2.35. The summed E-state index contributed by atoms with van der Waals surface area (Å²) in [6.45, 7) is 3.00. The zero-order chi connectivity index (χ0) is 22.6. The first kappa shape index (κ1) is 22.7. The van der Waals surface area contributed by atoms with Crippen molar-refractivity contribution in [3.05, 3.63) is 36.4 Å². The number of likely N-dealkylation sites (tertiary alicyclic amines) is 1. The van der Waals surface area contributed by atoms with E-state index < -0.39 is 12.1 Å². The summed E-state index contributed by atoms with van der Waals surface area (Å²) in [5, 5.41) is 25.1. The second-order valence-corrected chi connectivity index (χ2v) is 7.17. The lowest BCUT2D eigenvalue weighted by molar-refractivity contribution is -0.192. The van der Waals surface area contributed by atoms with Crippen molar-refractivity contribution in [1.82, 2.24) is 29.3 Å². The third-order valence-electron chi connectivity index (χ3n) is 5.08. The molecule has 0 radical (unpaired) electrons. The van der Waals surface area contributed by atoms with Crippen LogP contribution >= 0.6 is 0 Å². The molecule has 1 aliphatic heterocycles. The summed E-state index contributed by atoms with van der Waals surface area (Å²) in [4.78, 5) is 15.9. The van der Waals surface area contributed by atoms with Gasteiger partial charge in [-0.15, -0.1) is 0 Å². The number of aryl methyl sites for hydroxylation is 1. The van der Waals surface area contributed by atoms with E-state index in [1.54, 1.807) is 6.20 Å². The Morgan fingerprint density at radius 3 is 2.45 bits per heavy atom. The molecule has 168 valence electrons. The first-order valence-electron chi connectivity index (χ1n) is 9.67. The van der Waals surface area contributed by atoms with Crippen molar-refractivity contribution in [3.63, 3.8) is 0 Å². The number of carbonyl (C=O) groups is 1. The summed E-state index contributed by atoms with van der Waals surface area (Å²) in [5.74, 6) is -1.42. The highest BCUT2D eigenvalue weighted by atomic mass is 19.4. The van der Waals surface area contributed by atoms with Crippen LogP contribution in [0.2, 0.25) is 0 Å². The molecular weight excluding hydrogens is 417 g/mol. The predicted molar refractivity (Wildman–Crippen MR) is 104 cm³/mol. The molecule has 31 heavy (non-hydrogen) atoms. The number of aliphatic hydroxyl groups excluding tert-OH is 1. The number of piperidine rings is 1. The van der Waals surface area contributed by atoms with Crippen molar-refractivity contribution in [3.8, 4) is 11.3 Å². The number of carboxylic acids is 1. The van der Waals surface area contributed by atoms with Crippen LogP contribution in [0.1, 0.15) is 24.6 Å². The van der Waals surface area contributed by atoms with Crippen molar-refractivity contribution in [2.45, 2.75) is 24.9 Å². The van der Waals surface area contributed by atoms with Crippen LogP contribution < -0.4 is 0 Å². The van der Waals surface area contributed by atoms with Crippen LogP contribution in [-0.4, -0.2) is 77.9 Å². The largest absolute Gasteiger partial charge is 0.490 e. The number of pyridine rings is 1. The molecule has 4 heterocycles. The van der Waals surface area contributed by atoms with Crippen molar-refractivity contribution in [2.24, 2.45) is 7.05 Å². The van der Waals surface area contributed by atoms with Gasteiger partial charge in [-0.2, -0.15) is 23.4 Å². The van der Waals surface area contributed by atoms with E-state index >= 15 is 0 Å². The highest BCUT2D eigenvalue weighted by Gasteiger charge is 2.38. The second-order valence-electron chi connectivity index (χ2n) is 7.17. The van der Waals surface area contributed by atoms with E-state index in [0.717, 1.165) is 55.2 Å². The van der Waals surface area contributed by atoms with Gasteiger partial charge in [0.15, 0.2) is 11.5 Å². The maximum Gasteiger partial charge on any atom is 0.490 e. The summed E-state index contributed by atoms with van der Waals surface area (Å²) in [6, 6.07) is 6.07. The van der Waals surface area contributed by atoms with Crippen LogP contribution in [0.3, 0.4) is 0 Å². The van der Waals surface area contributed by atoms with Crippen molar-refractivity contribution < 1.29 is 28.2 Å². The van der Waals surface area contributed by atoms with E-state index in [1.165, 1.54) is 0 Å². The number of rotatable bonds is 4. The maximum absolute atomic E-state index is 10.6. The maximum atomic E-state index is 10.6. The number of carboxylic acid groups (broad SMARTS) is 1. The Balaban J connectivity index is 0.000000339. The van der Waals surface area contributed by atoms with Crippen molar-refractivity contribution in [1.29, 1.82) is 0 Å². The van der Waals surface area contributed by atoms with Crippen LogP contribution in [0.25, 0.3) is 16.9 Å². The molecular formula is C19H23F3N6O3. The first-order valence-corrected chi connectivity index (χ1v) is 9.67. The minimum Gasteiger partial charge on any atom is -0.475 e. The van der Waals surface area contributed by atoms with Gasteiger partial charge in [0.25, 0.3) is 0 Å². The lowest BCUT2D eigenvalue weighted by Gasteiger charge is -2.29. The summed E-state index contributed by atoms with van der Waals surface area (Å²) in [7, 11) is 1.94. The fraction of sp³-hybridized carbons (Fsp3) is 0.474. The van der Waals surface area contributed by atoms with Gasteiger partial charge in [-0.1, -0.05) is 0 Å². The van der Waals surface area contributed by atoms with Crippen LogP contribution in [-0.2, 0) is 11.8 Å². The molecule has 1 saturated heterocycles. The zero-order valence-corrected chi connectivity index (χ0v) is 16.8. The molecule has 0 unspecified atom stereocenters. The van der Waals surface area contributed by atoms with Gasteiger partial charge in [0.05, 0.1) is 12.3 Å². The normalized spacial score (nSPS) is 15.6. The van der Waals surface area contributed by atoms with Gasteiger partial charge in [-0.3, -0.25) is 4.68 Å². The number of fused-ring (bicyclic) bond motifs is 1. The van der Waals surface area contributed by atoms with Crippen LogP contribution in [0, 0.1) is 0 Å². The molecule has 9 nitrogen and oxygen atoms in total. The van der Waals surface area contributed by atoms with E-state index in [9.17, 15) is 13.2 Å². The standard InChI is InChI=1S/C17H22N6O.C2HF3O2/c1-21-15(4-7-18-21)14-2-3-16-19-17(20-23(16)12-14)13-5-8-22(9-6-13)10-11-24;3-2(4,5)1(6)7/h2-4,7,12-13,24H,5-6,8-11H2,1H3;(H,6,7). The quantitative estimate of drug-likeness (QED) is 0.638. The average Bonchev–Trinajstić information content (AvgIpc) is 3.34. The van der Waals surface area contributed by atoms with Crippen molar-refractivity contribution >= 4 is 11.6 Å². The Kier molecular flexibility index (Phi) is 6.91. The SMILES string of the molecule is Cn1nccc1-c1ccc2nc(C3CCN(CCO)CC3)nn2c1.O=C(O)C(F)(F)F. The van der Waals surface area contributed by atoms with Gasteiger partial charge < -0.3 is 15.1 Å². The number of alkyl halides is 3. The number of nitrogens with zero attached hydrogens (tertiary/aromatic N) is 6. The van der Waals surface area contributed by atoms with Crippen molar-refractivity contribution in [2.75, 3.05) is 26.2 Å². The third-order valence-corrected chi connectivity index (χ3v) is 5.08. The number of hydrogen-bond donors (Lipinski definition) is 2. The molecule has 0 aliphatic carbocycles. The fourth-order valence-electron chi connectivity index (χ4n) is 3.44. The monoisotopic (exact) mass is 440 g/mol. The third kappa shape index (κ3) is 5.58. The fourth-order valence-corrected chi connectivity index (χ4v) is 3.44. The molecule has 3 aromatic rings. The van der Waals surface area contributed by atoms with E-state index in [2.05, 4.69) is 16.1 Å². The lowest BCUT2D eigenvalue weighted by atomic mass is 9.96. The molecule has 0 atom stereocenters. The zero-order valence-electron chi connectivity index (χ0n) is 16.8. The number of aliphatic carboxylic acids is 1. The number of hydrogen-bond acceptors (Lipinski definition) is 6. The van der Waals surface area contributed by atoms with Gasteiger partial charge >= 0.3 is 12.1 Å². The Bertz CT molecular complexity index is 1020. The van der Waals surface area contributed by atoms with E-state index in [0.29, 0.717) is 5.92 Å². The molecule has 0 aromatic carbocycles. The second kappa shape index (κ2) is 9.43. The van der Waals surface area contributed by atoms with Gasteiger partial charge in [0.2, 0.25) is 0 Å². The number of halogens is 3. The van der Waals surface area contributed by atoms with E-state index in [1.807, 2.05) is 34.6 Å². The summed E-state index contributed by atoms with van der Waals surface area (Å²) in [5.41, 5.74) is 3.02. The average molecular weight is 440 g/mol. The molecule has 3 aromatic heterocycles. The van der Waals surface area contributed by atoms with Crippen LogP contribution in [0.4, 0.5) is 13.2 Å². The summed E-state index contributed by atoms with van der Waals surface area (Å²) in [6.07, 6.45) is 0.827. The minimum absolute atomic E-state index is 0.230. The molecule has 1 fully saturated rings. The Labute approximate surface area is 175 Å². The van der Waals surface area contributed by atoms with E-state index in [-0.39, 0.29) is 6.61 Å². The number of β-amino-alcohol motifs (C(OH)–C–C–N with tert-alkyl or cyclic N) is 1. The number of aromatic nitrogens is 5. The van der Waals surface area contributed by atoms with E-state index in [4.69, 9.17) is 25.1 Å². The summed E-state index contributed by atoms with van der Waals surface area (Å²) < 4.78 is 35.5. The molecule has 0 saturated carbocycles. The Morgan fingerprint density at radius 2 is 1.90 bits per heavy atom. The molecule has 0 spiro atoms. The highest BCUT2D eigenvalue weighted by molar-refractivity contribution is 5.73.